The van der Waals surface area contributed by atoms with Gasteiger partial charge in [-0.15, -0.1) is 0 Å². The van der Waals surface area contributed by atoms with Crippen molar-refractivity contribution < 1.29 is 14.4 Å². The maximum atomic E-state index is 12.4. The highest BCUT2D eigenvalue weighted by Crippen LogP contribution is 2.48. The number of nitrogen functional groups attached to an aromatic ring is 1. The predicted molar refractivity (Wildman–Crippen MR) is 133 cm³/mol. The van der Waals surface area contributed by atoms with Crippen molar-refractivity contribution >= 4 is 11.9 Å². The summed E-state index contributed by atoms with van der Waals surface area (Å²) in [5.41, 5.74) is 9.31. The first-order valence-electron chi connectivity index (χ1n) is 11.5. The van der Waals surface area contributed by atoms with Crippen molar-refractivity contribution in [3.8, 4) is 22.6 Å². The summed E-state index contributed by atoms with van der Waals surface area (Å²) in [7, 11) is 0. The van der Waals surface area contributed by atoms with Gasteiger partial charge in [0.15, 0.2) is 5.82 Å². The number of carbonyl (C=O) groups is 1. The highest BCUT2D eigenvalue weighted by Gasteiger charge is 2.44. The summed E-state index contributed by atoms with van der Waals surface area (Å²) in [6.07, 6.45) is 7.49. The molecule has 1 aromatic carbocycles. The standard InChI is InChI=1S/C25H23N7O3.CH4/c26-24-28-11-17(12-29-24)15-2-5-18(6-3-15)25(8-1-9-25)23-30-21(35-31-23)16-4-7-20(27-10-16)22(34)32-13-19(33)14-32;/h2-7,10-12,19,33H,1,8-9,13-14H2,(H2,26,28,29);1H4. The van der Waals surface area contributed by atoms with E-state index in [0.717, 1.165) is 36.0 Å². The summed E-state index contributed by atoms with van der Waals surface area (Å²) >= 11 is 0. The maximum absolute atomic E-state index is 12.4. The Morgan fingerprint density at radius 1 is 0.972 bits per heavy atom. The SMILES string of the molecule is C.Nc1ncc(-c2ccc(C3(c4noc(-c5ccc(C(=O)N6CC(O)C6)nc5)n4)CCC3)cc2)cn1. The van der Waals surface area contributed by atoms with Gasteiger partial charge >= 0.3 is 0 Å². The van der Waals surface area contributed by atoms with Gasteiger partial charge in [-0.25, -0.2) is 9.97 Å². The molecule has 3 aromatic heterocycles. The van der Waals surface area contributed by atoms with Gasteiger partial charge in [-0.2, -0.15) is 4.98 Å². The van der Waals surface area contributed by atoms with Gasteiger partial charge in [0.05, 0.1) is 17.1 Å². The van der Waals surface area contributed by atoms with Crippen molar-refractivity contribution in [2.75, 3.05) is 18.8 Å². The van der Waals surface area contributed by atoms with Crippen LogP contribution in [0.15, 0.2) is 59.5 Å². The van der Waals surface area contributed by atoms with Crippen molar-refractivity contribution in [2.45, 2.75) is 38.2 Å². The highest BCUT2D eigenvalue weighted by molar-refractivity contribution is 5.93. The van der Waals surface area contributed by atoms with Crippen LogP contribution in [0.2, 0.25) is 0 Å². The number of hydrogen-bond donors (Lipinski definition) is 2. The zero-order chi connectivity index (χ0) is 24.0. The number of carbonyl (C=O) groups excluding carboxylic acids is 1. The molecule has 2 aliphatic rings. The number of aromatic nitrogens is 5. The van der Waals surface area contributed by atoms with Crippen LogP contribution >= 0.6 is 0 Å². The van der Waals surface area contributed by atoms with Gasteiger partial charge in [-0.1, -0.05) is 43.3 Å². The molecule has 0 atom stereocenters. The Labute approximate surface area is 208 Å². The lowest BCUT2D eigenvalue weighted by molar-refractivity contribution is 0.00550. The van der Waals surface area contributed by atoms with Gasteiger partial charge in [0.1, 0.15) is 5.69 Å². The molecule has 1 aliphatic heterocycles. The first kappa shape index (κ1) is 23.6. The predicted octanol–water partition coefficient (Wildman–Crippen LogP) is 3.09. The van der Waals surface area contributed by atoms with Crippen molar-refractivity contribution in [1.29, 1.82) is 0 Å². The molecule has 4 heterocycles. The molecule has 0 unspecified atom stereocenters. The van der Waals surface area contributed by atoms with Gasteiger partial charge in [0.25, 0.3) is 11.8 Å². The molecule has 2 fully saturated rings. The smallest absolute Gasteiger partial charge is 0.272 e. The van der Waals surface area contributed by atoms with Crippen LogP contribution in [0.5, 0.6) is 0 Å². The molecule has 3 N–H and O–H groups in total. The number of pyridine rings is 1. The van der Waals surface area contributed by atoms with Crippen LogP contribution in [0.1, 0.15) is 48.6 Å². The van der Waals surface area contributed by atoms with E-state index >= 15 is 0 Å². The average molecular weight is 486 g/mol. The number of anilines is 1. The molecule has 0 bridgehead atoms. The monoisotopic (exact) mass is 485 g/mol. The van der Waals surface area contributed by atoms with Crippen molar-refractivity contribution in [1.82, 2.24) is 30.0 Å². The minimum absolute atomic E-state index is 0. The molecule has 184 valence electrons. The number of nitrogens with two attached hydrogens (primary N) is 1. The molecule has 0 radical (unpaired) electrons. The minimum Gasteiger partial charge on any atom is -0.389 e. The number of β-amino-alcohol motifs (C(OH)–C–C–N with tert-alkyl or cyclic N) is 1. The van der Waals surface area contributed by atoms with Crippen molar-refractivity contribution in [3.63, 3.8) is 0 Å². The number of likely N-dealkylation sites (tertiary alicyclic amines) is 1. The van der Waals surface area contributed by atoms with Crippen LogP contribution in [-0.2, 0) is 5.41 Å². The number of nitrogens with zero attached hydrogens (tertiary/aromatic N) is 6. The van der Waals surface area contributed by atoms with E-state index in [1.165, 1.54) is 0 Å². The number of aliphatic hydroxyl groups excluding tert-OH is 1. The fourth-order valence-electron chi connectivity index (χ4n) is 4.61. The van der Waals surface area contributed by atoms with Gasteiger partial charge in [-0.05, 0) is 36.1 Å². The Bertz CT molecular complexity index is 1360. The second kappa shape index (κ2) is 9.12. The summed E-state index contributed by atoms with van der Waals surface area (Å²) < 4.78 is 5.59. The first-order valence-corrected chi connectivity index (χ1v) is 11.5. The van der Waals surface area contributed by atoms with E-state index in [9.17, 15) is 9.90 Å². The Kier molecular flexibility index (Phi) is 5.97. The van der Waals surface area contributed by atoms with Gasteiger partial charge in [-0.3, -0.25) is 9.78 Å². The summed E-state index contributed by atoms with van der Waals surface area (Å²) in [6, 6.07) is 11.7. The summed E-state index contributed by atoms with van der Waals surface area (Å²) in [5.74, 6) is 1.07. The molecular weight excluding hydrogens is 458 g/mol. The van der Waals surface area contributed by atoms with Crippen LogP contribution in [0, 0.1) is 0 Å². The fourth-order valence-corrected chi connectivity index (χ4v) is 4.61. The summed E-state index contributed by atoms with van der Waals surface area (Å²) in [6.45, 7) is 0.679. The lowest BCUT2D eigenvalue weighted by Gasteiger charge is -2.39. The lowest BCUT2D eigenvalue weighted by Crippen LogP contribution is -2.53. The molecule has 0 spiro atoms. The lowest BCUT2D eigenvalue weighted by atomic mass is 9.64. The third-order valence-corrected chi connectivity index (χ3v) is 6.88. The Hall–Kier alpha value is -4.18. The number of amides is 1. The van der Waals surface area contributed by atoms with E-state index < -0.39 is 6.10 Å². The van der Waals surface area contributed by atoms with Crippen LogP contribution in [0.25, 0.3) is 22.6 Å². The second-order valence-corrected chi connectivity index (χ2v) is 9.06. The van der Waals surface area contributed by atoms with Gasteiger partial charge in [0, 0.05) is 37.2 Å². The van der Waals surface area contributed by atoms with Crippen molar-refractivity contribution in [3.05, 3.63) is 72.1 Å². The quantitative estimate of drug-likeness (QED) is 0.435. The fraction of sp³-hybridized carbons (Fsp3) is 0.308. The molecule has 1 saturated carbocycles. The van der Waals surface area contributed by atoms with E-state index in [1.807, 2.05) is 12.1 Å². The minimum atomic E-state index is -0.447. The zero-order valence-corrected chi connectivity index (χ0v) is 18.8. The molecule has 1 aliphatic carbocycles. The third kappa shape index (κ3) is 3.99. The number of benzene rings is 1. The van der Waals surface area contributed by atoms with Crippen LogP contribution in [0.3, 0.4) is 0 Å². The Balaban J connectivity index is 0.00000267. The van der Waals surface area contributed by atoms with Crippen LogP contribution < -0.4 is 5.73 Å². The van der Waals surface area contributed by atoms with E-state index in [2.05, 4.69) is 32.2 Å². The largest absolute Gasteiger partial charge is 0.389 e. The van der Waals surface area contributed by atoms with E-state index in [0.29, 0.717) is 36.1 Å². The highest BCUT2D eigenvalue weighted by atomic mass is 16.5. The van der Waals surface area contributed by atoms with Crippen LogP contribution in [0.4, 0.5) is 5.95 Å². The Morgan fingerprint density at radius 3 is 2.22 bits per heavy atom. The van der Waals surface area contributed by atoms with E-state index in [1.54, 1.807) is 35.6 Å². The molecule has 10 nitrogen and oxygen atoms in total. The molecule has 6 rings (SSSR count). The van der Waals surface area contributed by atoms with Crippen LogP contribution in [-0.4, -0.2) is 60.2 Å². The molecular formula is C26H27N7O3. The Morgan fingerprint density at radius 2 is 1.64 bits per heavy atom. The summed E-state index contributed by atoms with van der Waals surface area (Å²) in [4.78, 5) is 31.0. The average Bonchev–Trinajstić information content (AvgIpc) is 3.32. The maximum Gasteiger partial charge on any atom is 0.272 e. The van der Waals surface area contributed by atoms with Gasteiger partial charge < -0.3 is 20.3 Å². The first-order chi connectivity index (χ1) is 17.0. The topological polar surface area (TPSA) is 144 Å². The molecule has 10 heteroatoms. The van der Waals surface area contributed by atoms with E-state index in [-0.39, 0.29) is 24.7 Å². The van der Waals surface area contributed by atoms with Crippen molar-refractivity contribution in [2.24, 2.45) is 0 Å². The van der Waals surface area contributed by atoms with Gasteiger partial charge in [0.2, 0.25) is 5.95 Å². The summed E-state index contributed by atoms with van der Waals surface area (Å²) in [5, 5.41) is 13.7. The third-order valence-electron chi connectivity index (χ3n) is 6.88. The molecule has 1 amide bonds. The number of aliphatic hydroxyl groups is 1. The second-order valence-electron chi connectivity index (χ2n) is 9.06. The molecule has 4 aromatic rings. The normalized spacial score (nSPS) is 16.5. The number of rotatable bonds is 5. The zero-order valence-electron chi connectivity index (χ0n) is 18.8. The molecule has 1 saturated heterocycles. The van der Waals surface area contributed by atoms with E-state index in [4.69, 9.17) is 15.2 Å². The molecule has 36 heavy (non-hydrogen) atoms. The number of hydrogen-bond acceptors (Lipinski definition) is 9.